The molecule has 4 rings (SSSR count). The van der Waals surface area contributed by atoms with Crippen LogP contribution < -0.4 is 4.90 Å². The Morgan fingerprint density at radius 2 is 1.87 bits per heavy atom. The quantitative estimate of drug-likeness (QED) is 0.786. The summed E-state index contributed by atoms with van der Waals surface area (Å²) >= 11 is 0. The van der Waals surface area contributed by atoms with Crippen LogP contribution in [0.4, 0.5) is 5.82 Å². The van der Waals surface area contributed by atoms with E-state index >= 15 is 0 Å². The summed E-state index contributed by atoms with van der Waals surface area (Å²) < 4.78 is 7.42. The van der Waals surface area contributed by atoms with E-state index in [1.54, 1.807) is 6.07 Å². The van der Waals surface area contributed by atoms with Gasteiger partial charge in [0.1, 0.15) is 5.75 Å². The summed E-state index contributed by atoms with van der Waals surface area (Å²) in [4.78, 5) is 11.6. The van der Waals surface area contributed by atoms with Crippen molar-refractivity contribution in [3.05, 3.63) is 42.4 Å². The van der Waals surface area contributed by atoms with Crippen molar-refractivity contribution in [3.63, 3.8) is 0 Å². The highest BCUT2D eigenvalue weighted by Gasteiger charge is 2.19. The normalized spacial score (nSPS) is 15.3. The van der Waals surface area contributed by atoms with Crippen molar-refractivity contribution < 1.29 is 9.84 Å². The van der Waals surface area contributed by atoms with Gasteiger partial charge in [0, 0.05) is 31.0 Å². The fourth-order valence-electron chi connectivity index (χ4n) is 2.91. The molecule has 1 N–H and O–H groups in total. The van der Waals surface area contributed by atoms with Crippen molar-refractivity contribution >= 4 is 11.5 Å². The number of phenols is 1. The number of anilines is 1. The van der Waals surface area contributed by atoms with Gasteiger partial charge in [-0.05, 0) is 19.1 Å². The summed E-state index contributed by atoms with van der Waals surface area (Å²) in [5, 5.41) is 10.1. The number of rotatable bonds is 2. The Morgan fingerprint density at radius 3 is 2.65 bits per heavy atom. The van der Waals surface area contributed by atoms with Crippen LogP contribution in [-0.2, 0) is 4.74 Å². The molecule has 1 aliphatic rings. The molecule has 1 fully saturated rings. The molecule has 0 radical (unpaired) electrons. The van der Waals surface area contributed by atoms with Gasteiger partial charge in [-0.2, -0.15) is 0 Å². The first-order chi connectivity index (χ1) is 11.2. The minimum atomic E-state index is 0.226. The van der Waals surface area contributed by atoms with Crippen LogP contribution in [0, 0.1) is 6.92 Å². The van der Waals surface area contributed by atoms with Crippen LogP contribution in [0.3, 0.4) is 0 Å². The number of benzene rings is 1. The maximum absolute atomic E-state index is 10.1. The second-order valence-corrected chi connectivity index (χ2v) is 5.68. The standard InChI is InChI=1S/C17H18N4O2/c1-12-10-21-11-14(13-4-2-3-5-15(13)22)19-17(16(21)18-12)20-6-8-23-9-7-20/h2-5,10-11,22H,6-9H2,1H3. The molecule has 118 valence electrons. The Hall–Kier alpha value is -2.60. The van der Waals surface area contributed by atoms with Crippen LogP contribution in [0.25, 0.3) is 16.9 Å². The number of imidazole rings is 1. The lowest BCUT2D eigenvalue weighted by Gasteiger charge is -2.28. The maximum atomic E-state index is 10.1. The molecule has 2 aromatic heterocycles. The molecule has 0 bridgehead atoms. The summed E-state index contributed by atoms with van der Waals surface area (Å²) in [7, 11) is 0. The Balaban J connectivity index is 1.91. The maximum Gasteiger partial charge on any atom is 0.180 e. The van der Waals surface area contributed by atoms with Gasteiger partial charge in [-0.15, -0.1) is 0 Å². The van der Waals surface area contributed by atoms with E-state index in [0.717, 1.165) is 41.5 Å². The van der Waals surface area contributed by atoms with Gasteiger partial charge in [-0.3, -0.25) is 0 Å². The first-order valence-electron chi connectivity index (χ1n) is 7.70. The van der Waals surface area contributed by atoms with Gasteiger partial charge in [0.15, 0.2) is 11.5 Å². The van der Waals surface area contributed by atoms with Gasteiger partial charge in [0.25, 0.3) is 0 Å². The molecule has 0 atom stereocenters. The van der Waals surface area contributed by atoms with Crippen LogP contribution in [0.1, 0.15) is 5.69 Å². The van der Waals surface area contributed by atoms with Crippen molar-refractivity contribution in [3.8, 4) is 17.0 Å². The number of nitrogens with zero attached hydrogens (tertiary/aromatic N) is 4. The summed E-state index contributed by atoms with van der Waals surface area (Å²) in [6.07, 6.45) is 3.89. The molecule has 0 spiro atoms. The molecule has 0 amide bonds. The molecule has 1 aliphatic heterocycles. The van der Waals surface area contributed by atoms with Crippen LogP contribution in [-0.4, -0.2) is 45.8 Å². The molecule has 0 aliphatic carbocycles. The van der Waals surface area contributed by atoms with Crippen molar-refractivity contribution in [1.29, 1.82) is 0 Å². The molecule has 0 unspecified atom stereocenters. The molecule has 6 nitrogen and oxygen atoms in total. The summed E-state index contributed by atoms with van der Waals surface area (Å²) in [6, 6.07) is 7.25. The third kappa shape index (κ3) is 2.51. The lowest BCUT2D eigenvalue weighted by molar-refractivity contribution is 0.122. The van der Waals surface area contributed by atoms with E-state index in [1.807, 2.05) is 41.9 Å². The third-order valence-corrected chi connectivity index (χ3v) is 4.03. The van der Waals surface area contributed by atoms with Crippen molar-refractivity contribution in [2.45, 2.75) is 6.92 Å². The van der Waals surface area contributed by atoms with Crippen molar-refractivity contribution in [2.75, 3.05) is 31.2 Å². The number of para-hydroxylation sites is 1. The van der Waals surface area contributed by atoms with Gasteiger partial charge in [0.2, 0.25) is 0 Å². The fraction of sp³-hybridized carbons (Fsp3) is 0.294. The number of morpholine rings is 1. The highest BCUT2D eigenvalue weighted by Crippen LogP contribution is 2.30. The number of phenolic OH excluding ortho intramolecular Hbond substituents is 1. The molecule has 0 saturated carbocycles. The monoisotopic (exact) mass is 310 g/mol. The van der Waals surface area contributed by atoms with Gasteiger partial charge in [0.05, 0.1) is 24.6 Å². The molecule has 3 aromatic rings. The number of ether oxygens (including phenoxy) is 1. The topological polar surface area (TPSA) is 62.9 Å². The van der Waals surface area contributed by atoms with Crippen LogP contribution in [0.2, 0.25) is 0 Å². The smallest absolute Gasteiger partial charge is 0.180 e. The van der Waals surface area contributed by atoms with E-state index in [4.69, 9.17) is 9.72 Å². The van der Waals surface area contributed by atoms with Gasteiger partial charge in [-0.25, -0.2) is 9.97 Å². The summed E-state index contributed by atoms with van der Waals surface area (Å²) in [5.41, 5.74) is 3.23. The van der Waals surface area contributed by atoms with E-state index in [2.05, 4.69) is 9.88 Å². The Labute approximate surface area is 134 Å². The van der Waals surface area contributed by atoms with E-state index in [1.165, 1.54) is 0 Å². The van der Waals surface area contributed by atoms with E-state index in [9.17, 15) is 5.11 Å². The average Bonchev–Trinajstić information content (AvgIpc) is 2.95. The van der Waals surface area contributed by atoms with E-state index in [-0.39, 0.29) is 5.75 Å². The minimum Gasteiger partial charge on any atom is -0.507 e. The molecular weight excluding hydrogens is 292 g/mol. The minimum absolute atomic E-state index is 0.226. The number of fused-ring (bicyclic) bond motifs is 1. The predicted octanol–water partition coefficient (Wildman–Crippen LogP) is 2.25. The van der Waals surface area contributed by atoms with Crippen molar-refractivity contribution in [2.24, 2.45) is 0 Å². The van der Waals surface area contributed by atoms with E-state index in [0.29, 0.717) is 13.2 Å². The Morgan fingerprint density at radius 1 is 1.09 bits per heavy atom. The van der Waals surface area contributed by atoms with Gasteiger partial charge in [-0.1, -0.05) is 12.1 Å². The van der Waals surface area contributed by atoms with Crippen molar-refractivity contribution in [1.82, 2.24) is 14.4 Å². The fourth-order valence-corrected chi connectivity index (χ4v) is 2.91. The Bertz CT molecular complexity index is 853. The van der Waals surface area contributed by atoms with Crippen LogP contribution >= 0.6 is 0 Å². The second-order valence-electron chi connectivity index (χ2n) is 5.68. The number of hydrogen-bond acceptors (Lipinski definition) is 5. The number of aryl methyl sites for hydroxylation is 1. The SMILES string of the molecule is Cc1cn2cc(-c3ccccc3O)nc(N3CCOCC3)c2n1. The van der Waals surface area contributed by atoms with Gasteiger partial charge >= 0.3 is 0 Å². The second kappa shape index (κ2) is 5.55. The largest absolute Gasteiger partial charge is 0.507 e. The van der Waals surface area contributed by atoms with Gasteiger partial charge < -0.3 is 19.1 Å². The Kier molecular flexibility index (Phi) is 3.38. The summed E-state index contributed by atoms with van der Waals surface area (Å²) in [6.45, 7) is 4.93. The number of aromatic hydroxyl groups is 1. The molecule has 6 heteroatoms. The number of aromatic nitrogens is 3. The van der Waals surface area contributed by atoms with E-state index < -0.39 is 0 Å². The zero-order chi connectivity index (χ0) is 15.8. The molecule has 23 heavy (non-hydrogen) atoms. The summed E-state index contributed by atoms with van der Waals surface area (Å²) in [5.74, 6) is 1.06. The lowest BCUT2D eigenvalue weighted by Crippen LogP contribution is -2.37. The van der Waals surface area contributed by atoms with Crippen LogP contribution in [0.5, 0.6) is 5.75 Å². The first-order valence-corrected chi connectivity index (χ1v) is 7.70. The molecule has 1 saturated heterocycles. The lowest BCUT2D eigenvalue weighted by atomic mass is 10.1. The first kappa shape index (κ1) is 14.0. The third-order valence-electron chi connectivity index (χ3n) is 4.03. The van der Waals surface area contributed by atoms with Crippen LogP contribution in [0.15, 0.2) is 36.7 Å². The zero-order valence-corrected chi connectivity index (χ0v) is 12.9. The highest BCUT2D eigenvalue weighted by atomic mass is 16.5. The molecule has 3 heterocycles. The predicted molar refractivity (Wildman–Crippen MR) is 87.9 cm³/mol. The molecule has 1 aromatic carbocycles. The average molecular weight is 310 g/mol. The zero-order valence-electron chi connectivity index (χ0n) is 12.9. The highest BCUT2D eigenvalue weighted by molar-refractivity contribution is 5.73. The molecular formula is C17H18N4O2. The number of hydrogen-bond donors (Lipinski definition) is 1.